The zero-order valence-corrected chi connectivity index (χ0v) is 9.17. The lowest BCUT2D eigenvalue weighted by molar-refractivity contribution is -0.116. The van der Waals surface area contributed by atoms with Crippen LogP contribution in [0.5, 0.6) is 0 Å². The Kier molecular flexibility index (Phi) is 2.65. The van der Waals surface area contributed by atoms with Crippen molar-refractivity contribution >= 4 is 23.4 Å². The van der Waals surface area contributed by atoms with Crippen LogP contribution in [0.15, 0.2) is 23.1 Å². The van der Waals surface area contributed by atoms with Crippen LogP contribution in [-0.2, 0) is 4.79 Å². The van der Waals surface area contributed by atoms with Gasteiger partial charge >= 0.3 is 0 Å². The number of nitrogens with zero attached hydrogens (tertiary/aromatic N) is 2. The summed E-state index contributed by atoms with van der Waals surface area (Å²) >= 11 is 1.53. The van der Waals surface area contributed by atoms with E-state index in [-0.39, 0.29) is 12.5 Å². The normalized spacial score (nSPS) is 14.7. The second-order valence-corrected chi connectivity index (χ2v) is 4.42. The Hall–Kier alpha value is -1.47. The molecule has 0 radical (unpaired) electrons. The molecule has 2 rings (SSSR count). The van der Waals surface area contributed by atoms with Crippen LogP contribution < -0.4 is 4.90 Å². The molecule has 0 aliphatic carbocycles. The van der Waals surface area contributed by atoms with Crippen molar-refractivity contribution in [2.45, 2.75) is 11.8 Å². The van der Waals surface area contributed by atoms with Crippen molar-refractivity contribution in [1.29, 1.82) is 5.26 Å². The summed E-state index contributed by atoms with van der Waals surface area (Å²) in [6.45, 7) is 2.12. The van der Waals surface area contributed by atoms with E-state index >= 15 is 0 Å². The molecule has 1 aliphatic rings. The number of hydrogen-bond acceptors (Lipinski definition) is 3. The van der Waals surface area contributed by atoms with E-state index in [1.165, 1.54) is 11.8 Å². The molecule has 0 N–H and O–H groups in total. The molecule has 1 amide bonds. The number of fused-ring (bicyclic) bond motifs is 1. The van der Waals surface area contributed by atoms with Crippen molar-refractivity contribution in [2.75, 3.05) is 17.2 Å². The molecule has 0 atom stereocenters. The fourth-order valence-corrected chi connectivity index (χ4v) is 2.47. The molecule has 0 spiro atoms. The number of nitriles is 1. The van der Waals surface area contributed by atoms with Crippen LogP contribution in [-0.4, -0.2) is 18.2 Å². The predicted octanol–water partition coefficient (Wildman–Crippen LogP) is 1.96. The Balaban J connectivity index is 2.46. The van der Waals surface area contributed by atoms with E-state index in [0.29, 0.717) is 5.75 Å². The van der Waals surface area contributed by atoms with E-state index in [1.807, 2.05) is 31.2 Å². The first kappa shape index (κ1) is 10.1. The minimum Gasteiger partial charge on any atom is -0.297 e. The maximum Gasteiger partial charge on any atom is 0.238 e. The summed E-state index contributed by atoms with van der Waals surface area (Å²) in [4.78, 5) is 14.2. The van der Waals surface area contributed by atoms with Gasteiger partial charge in [0.25, 0.3) is 0 Å². The number of anilines is 1. The van der Waals surface area contributed by atoms with Crippen LogP contribution in [0.4, 0.5) is 5.69 Å². The number of aryl methyl sites for hydroxylation is 1. The fraction of sp³-hybridized carbons (Fsp3) is 0.273. The van der Waals surface area contributed by atoms with Gasteiger partial charge in [0.2, 0.25) is 5.91 Å². The van der Waals surface area contributed by atoms with E-state index in [9.17, 15) is 4.79 Å². The molecular formula is C11H10N2OS. The summed E-state index contributed by atoms with van der Waals surface area (Å²) in [5.74, 6) is 0.442. The van der Waals surface area contributed by atoms with Crippen LogP contribution >= 0.6 is 11.8 Å². The zero-order chi connectivity index (χ0) is 10.8. The van der Waals surface area contributed by atoms with Crippen LogP contribution in [0.25, 0.3) is 0 Å². The molecule has 0 saturated carbocycles. The molecule has 1 aromatic carbocycles. The monoisotopic (exact) mass is 218 g/mol. The third-order valence-electron chi connectivity index (χ3n) is 2.29. The molecule has 0 saturated heterocycles. The molecule has 1 aromatic rings. The van der Waals surface area contributed by atoms with Gasteiger partial charge in [-0.25, -0.2) is 0 Å². The van der Waals surface area contributed by atoms with Gasteiger partial charge in [-0.3, -0.25) is 9.69 Å². The highest BCUT2D eigenvalue weighted by molar-refractivity contribution is 8.00. The first-order valence-electron chi connectivity index (χ1n) is 4.63. The molecule has 0 bridgehead atoms. The van der Waals surface area contributed by atoms with Gasteiger partial charge in [-0.1, -0.05) is 6.07 Å². The van der Waals surface area contributed by atoms with E-state index < -0.39 is 0 Å². The van der Waals surface area contributed by atoms with Crippen molar-refractivity contribution in [1.82, 2.24) is 0 Å². The number of thioether (sulfide) groups is 1. The second kappa shape index (κ2) is 3.95. The average Bonchev–Trinajstić information content (AvgIpc) is 2.23. The number of hydrogen-bond donors (Lipinski definition) is 0. The topological polar surface area (TPSA) is 44.1 Å². The Morgan fingerprint density at radius 3 is 3.13 bits per heavy atom. The van der Waals surface area contributed by atoms with Crippen molar-refractivity contribution in [3.05, 3.63) is 23.8 Å². The number of rotatable bonds is 1. The van der Waals surface area contributed by atoms with Gasteiger partial charge in [-0.15, -0.1) is 11.8 Å². The molecule has 3 nitrogen and oxygen atoms in total. The predicted molar refractivity (Wildman–Crippen MR) is 59.9 cm³/mol. The maximum absolute atomic E-state index is 11.6. The van der Waals surface area contributed by atoms with Crippen LogP contribution in [0.2, 0.25) is 0 Å². The van der Waals surface area contributed by atoms with E-state index in [1.54, 1.807) is 4.90 Å². The van der Waals surface area contributed by atoms with Crippen molar-refractivity contribution in [2.24, 2.45) is 0 Å². The van der Waals surface area contributed by atoms with Crippen LogP contribution in [0, 0.1) is 18.3 Å². The first-order chi connectivity index (χ1) is 7.22. The van der Waals surface area contributed by atoms with Crippen LogP contribution in [0.3, 0.4) is 0 Å². The minimum absolute atomic E-state index is 0.0136. The van der Waals surface area contributed by atoms with E-state index in [0.717, 1.165) is 16.1 Å². The van der Waals surface area contributed by atoms with Crippen LogP contribution in [0.1, 0.15) is 5.56 Å². The lowest BCUT2D eigenvalue weighted by Crippen LogP contribution is -2.35. The van der Waals surface area contributed by atoms with Gasteiger partial charge in [-0.05, 0) is 24.6 Å². The minimum atomic E-state index is 0.0136. The molecule has 76 valence electrons. The summed E-state index contributed by atoms with van der Waals surface area (Å²) < 4.78 is 0. The smallest absolute Gasteiger partial charge is 0.238 e. The summed E-state index contributed by atoms with van der Waals surface area (Å²) in [6, 6.07) is 8.01. The second-order valence-electron chi connectivity index (χ2n) is 3.40. The third-order valence-corrected chi connectivity index (χ3v) is 3.33. The Morgan fingerprint density at radius 1 is 1.60 bits per heavy atom. The van der Waals surface area contributed by atoms with Gasteiger partial charge in [0.15, 0.2) is 0 Å². The molecule has 15 heavy (non-hydrogen) atoms. The first-order valence-corrected chi connectivity index (χ1v) is 5.61. The average molecular weight is 218 g/mol. The molecular weight excluding hydrogens is 208 g/mol. The molecule has 4 heteroatoms. The van der Waals surface area contributed by atoms with E-state index in [2.05, 4.69) is 0 Å². The molecule has 1 aliphatic heterocycles. The van der Waals surface area contributed by atoms with Crippen molar-refractivity contribution in [3.63, 3.8) is 0 Å². The molecule has 1 heterocycles. The fourth-order valence-electron chi connectivity index (χ4n) is 1.56. The van der Waals surface area contributed by atoms with Gasteiger partial charge in [-0.2, -0.15) is 5.26 Å². The van der Waals surface area contributed by atoms with Crippen molar-refractivity contribution in [3.8, 4) is 6.07 Å². The maximum atomic E-state index is 11.6. The summed E-state index contributed by atoms with van der Waals surface area (Å²) in [5.41, 5.74) is 1.98. The van der Waals surface area contributed by atoms with Gasteiger partial charge in [0.05, 0.1) is 17.5 Å². The zero-order valence-electron chi connectivity index (χ0n) is 8.36. The summed E-state index contributed by atoms with van der Waals surface area (Å²) in [7, 11) is 0. The Morgan fingerprint density at radius 2 is 2.40 bits per heavy atom. The third kappa shape index (κ3) is 1.83. The van der Waals surface area contributed by atoms with Gasteiger partial charge < -0.3 is 0 Å². The SMILES string of the molecule is Cc1ccc2c(c1)N(CC#N)C(=O)CS2. The van der Waals surface area contributed by atoms with Crippen molar-refractivity contribution < 1.29 is 4.79 Å². The van der Waals surface area contributed by atoms with Gasteiger partial charge in [0, 0.05) is 4.90 Å². The largest absolute Gasteiger partial charge is 0.297 e. The summed E-state index contributed by atoms with van der Waals surface area (Å²) in [6.07, 6.45) is 0. The Bertz CT molecular complexity index is 450. The standard InChI is InChI=1S/C11H10N2OS/c1-8-2-3-10-9(6-8)13(5-4-12)11(14)7-15-10/h2-3,6H,5,7H2,1H3. The number of carbonyl (C=O) groups is 1. The highest BCUT2D eigenvalue weighted by atomic mass is 32.2. The molecule has 0 aromatic heterocycles. The van der Waals surface area contributed by atoms with Gasteiger partial charge in [0.1, 0.15) is 6.54 Å². The highest BCUT2D eigenvalue weighted by Gasteiger charge is 2.24. The lowest BCUT2D eigenvalue weighted by Gasteiger charge is -2.27. The molecule has 0 fully saturated rings. The summed E-state index contributed by atoms with van der Waals surface area (Å²) in [5, 5.41) is 8.68. The molecule has 0 unspecified atom stereocenters. The lowest BCUT2D eigenvalue weighted by atomic mass is 10.2. The quantitative estimate of drug-likeness (QED) is 0.677. The van der Waals surface area contributed by atoms with E-state index in [4.69, 9.17) is 5.26 Å². The number of carbonyl (C=O) groups excluding carboxylic acids is 1. The Labute approximate surface area is 92.7 Å². The highest BCUT2D eigenvalue weighted by Crippen LogP contribution is 2.35. The number of amides is 1. The number of benzene rings is 1.